The van der Waals surface area contributed by atoms with E-state index in [1.807, 2.05) is 30.3 Å². The molecule has 0 spiro atoms. The van der Waals surface area contributed by atoms with E-state index in [1.165, 1.54) is 5.37 Å². The molecule has 4 heteroatoms. The van der Waals surface area contributed by atoms with Crippen LogP contribution in [0.3, 0.4) is 0 Å². The summed E-state index contributed by atoms with van der Waals surface area (Å²) in [7, 11) is -2.04. The molecule has 0 radical (unpaired) electrons. The molecule has 1 N–H and O–H groups in total. The van der Waals surface area contributed by atoms with Gasteiger partial charge in [-0.2, -0.15) is 8.42 Å². The standard InChI is InChI=1S/C9H11NO2S/c11-13(12)8-4-7-10-9-5-2-1-3-6-9/h1-3,5-6,8,10H,4,7H2. The van der Waals surface area contributed by atoms with Gasteiger partial charge in [0.25, 0.3) is 0 Å². The number of rotatable bonds is 4. The number of para-hydroxylation sites is 1. The molecule has 0 saturated carbocycles. The second kappa shape index (κ2) is 5.37. The molecule has 3 nitrogen and oxygen atoms in total. The van der Waals surface area contributed by atoms with Crippen LogP contribution in [0.25, 0.3) is 0 Å². The van der Waals surface area contributed by atoms with Crippen LogP contribution in [0.5, 0.6) is 0 Å². The predicted octanol–water partition coefficient (Wildman–Crippen LogP) is 1.17. The zero-order valence-corrected chi connectivity index (χ0v) is 7.92. The Bertz CT molecular complexity index is 362. The number of benzene rings is 1. The lowest BCUT2D eigenvalue weighted by Gasteiger charge is -2.01. The van der Waals surface area contributed by atoms with Crippen LogP contribution in [0.1, 0.15) is 6.42 Å². The Morgan fingerprint density at radius 2 is 1.92 bits per heavy atom. The van der Waals surface area contributed by atoms with Crippen molar-refractivity contribution in [2.45, 2.75) is 6.42 Å². The van der Waals surface area contributed by atoms with Crippen molar-refractivity contribution in [1.82, 2.24) is 0 Å². The molecule has 0 fully saturated rings. The molecule has 1 rings (SSSR count). The largest absolute Gasteiger partial charge is 0.385 e. The van der Waals surface area contributed by atoms with Crippen LogP contribution < -0.4 is 5.32 Å². The molecule has 0 unspecified atom stereocenters. The van der Waals surface area contributed by atoms with Gasteiger partial charge < -0.3 is 5.32 Å². The Labute approximate surface area is 78.9 Å². The van der Waals surface area contributed by atoms with Gasteiger partial charge in [-0.1, -0.05) is 18.2 Å². The van der Waals surface area contributed by atoms with Crippen LogP contribution in [-0.2, 0) is 10.3 Å². The van der Waals surface area contributed by atoms with E-state index in [0.717, 1.165) is 5.69 Å². The number of nitrogens with one attached hydrogen (secondary N) is 1. The maximum Gasteiger partial charge on any atom is 0.210 e. The van der Waals surface area contributed by atoms with Gasteiger partial charge in [0.15, 0.2) is 0 Å². The van der Waals surface area contributed by atoms with Gasteiger partial charge in [-0.05, 0) is 18.6 Å². The molecule has 13 heavy (non-hydrogen) atoms. The first-order valence-electron chi connectivity index (χ1n) is 3.99. The molecule has 0 saturated heterocycles. The molecule has 0 aliphatic carbocycles. The molecule has 0 aliphatic heterocycles. The quantitative estimate of drug-likeness (QED) is 0.582. The van der Waals surface area contributed by atoms with E-state index in [-0.39, 0.29) is 0 Å². The van der Waals surface area contributed by atoms with Crippen LogP contribution in [0.4, 0.5) is 5.69 Å². The third kappa shape index (κ3) is 4.32. The van der Waals surface area contributed by atoms with Crippen molar-refractivity contribution in [2.75, 3.05) is 11.9 Å². The summed E-state index contributed by atoms with van der Waals surface area (Å²) >= 11 is 0. The Morgan fingerprint density at radius 1 is 1.23 bits per heavy atom. The maximum absolute atomic E-state index is 10.1. The Kier molecular flexibility index (Phi) is 4.05. The highest BCUT2D eigenvalue weighted by atomic mass is 32.2. The topological polar surface area (TPSA) is 46.2 Å². The lowest BCUT2D eigenvalue weighted by molar-refractivity contribution is 0.627. The zero-order chi connectivity index (χ0) is 9.52. The molecule has 1 aromatic rings. The molecular formula is C9H11NO2S. The highest BCUT2D eigenvalue weighted by Crippen LogP contribution is 2.03. The van der Waals surface area contributed by atoms with E-state index >= 15 is 0 Å². The van der Waals surface area contributed by atoms with Crippen LogP contribution in [-0.4, -0.2) is 20.3 Å². The van der Waals surface area contributed by atoms with Crippen molar-refractivity contribution in [3.05, 3.63) is 30.3 Å². The van der Waals surface area contributed by atoms with E-state index in [9.17, 15) is 8.42 Å². The lowest BCUT2D eigenvalue weighted by atomic mass is 10.3. The van der Waals surface area contributed by atoms with Gasteiger partial charge in [0.2, 0.25) is 10.3 Å². The summed E-state index contributed by atoms with van der Waals surface area (Å²) in [6.07, 6.45) is 0.519. The van der Waals surface area contributed by atoms with Gasteiger partial charge in [-0.25, -0.2) is 0 Å². The minimum Gasteiger partial charge on any atom is -0.385 e. The third-order valence-corrected chi connectivity index (χ3v) is 2.01. The van der Waals surface area contributed by atoms with E-state index in [4.69, 9.17) is 0 Å². The first kappa shape index (κ1) is 9.80. The van der Waals surface area contributed by atoms with Gasteiger partial charge >= 0.3 is 0 Å². The van der Waals surface area contributed by atoms with Gasteiger partial charge in [-0.3, -0.25) is 0 Å². The fourth-order valence-electron chi connectivity index (χ4n) is 0.928. The predicted molar refractivity (Wildman–Crippen MR) is 54.5 cm³/mol. The van der Waals surface area contributed by atoms with E-state index in [0.29, 0.717) is 13.0 Å². The molecule has 0 aliphatic rings. The van der Waals surface area contributed by atoms with Crippen molar-refractivity contribution < 1.29 is 8.42 Å². The van der Waals surface area contributed by atoms with Crippen molar-refractivity contribution in [1.29, 1.82) is 0 Å². The average Bonchev–Trinajstić information content (AvgIpc) is 2.14. The number of anilines is 1. The summed E-state index contributed by atoms with van der Waals surface area (Å²) in [4.78, 5) is 0. The summed E-state index contributed by atoms with van der Waals surface area (Å²) in [6, 6.07) is 9.67. The Balaban J connectivity index is 2.32. The number of hydrogen-bond acceptors (Lipinski definition) is 3. The molecule has 0 heterocycles. The van der Waals surface area contributed by atoms with E-state index in [1.54, 1.807) is 0 Å². The summed E-state index contributed by atoms with van der Waals surface area (Å²) in [6.45, 7) is 0.637. The monoisotopic (exact) mass is 197 g/mol. The van der Waals surface area contributed by atoms with Crippen LogP contribution in [0.2, 0.25) is 0 Å². The second-order valence-corrected chi connectivity index (χ2v) is 3.36. The van der Waals surface area contributed by atoms with Crippen LogP contribution >= 0.6 is 0 Å². The third-order valence-electron chi connectivity index (χ3n) is 1.50. The first-order valence-corrected chi connectivity index (χ1v) is 5.13. The lowest BCUT2D eigenvalue weighted by Crippen LogP contribution is -2.01. The first-order chi connectivity index (χ1) is 6.29. The summed E-state index contributed by atoms with van der Waals surface area (Å²) in [5.41, 5.74) is 1.01. The fraction of sp³-hybridized carbons (Fsp3) is 0.222. The summed E-state index contributed by atoms with van der Waals surface area (Å²) < 4.78 is 20.3. The Hall–Kier alpha value is -1.29. The molecule has 1 aromatic carbocycles. The minimum atomic E-state index is -2.04. The number of hydrogen-bond donors (Lipinski definition) is 1. The second-order valence-electron chi connectivity index (χ2n) is 2.51. The molecular weight excluding hydrogens is 186 g/mol. The van der Waals surface area contributed by atoms with Crippen molar-refractivity contribution in [3.63, 3.8) is 0 Å². The average molecular weight is 197 g/mol. The van der Waals surface area contributed by atoms with Crippen LogP contribution in [0, 0.1) is 0 Å². The highest BCUT2D eigenvalue weighted by Gasteiger charge is 1.86. The smallest absolute Gasteiger partial charge is 0.210 e. The van der Waals surface area contributed by atoms with Crippen molar-refractivity contribution in [3.8, 4) is 0 Å². The van der Waals surface area contributed by atoms with Crippen LogP contribution in [0.15, 0.2) is 30.3 Å². The molecule has 0 amide bonds. The normalized spacial score (nSPS) is 9.23. The van der Waals surface area contributed by atoms with Gasteiger partial charge in [-0.15, -0.1) is 0 Å². The molecule has 0 bridgehead atoms. The van der Waals surface area contributed by atoms with Gasteiger partial charge in [0.05, 0.1) is 0 Å². The minimum absolute atomic E-state index is 0.519. The zero-order valence-electron chi connectivity index (χ0n) is 7.10. The van der Waals surface area contributed by atoms with Crippen molar-refractivity contribution >= 4 is 21.3 Å². The van der Waals surface area contributed by atoms with Gasteiger partial charge in [0.1, 0.15) is 0 Å². The van der Waals surface area contributed by atoms with Gasteiger partial charge in [0, 0.05) is 17.6 Å². The summed E-state index contributed by atoms with van der Waals surface area (Å²) in [5, 5.41) is 4.34. The van der Waals surface area contributed by atoms with E-state index < -0.39 is 10.3 Å². The van der Waals surface area contributed by atoms with Crippen molar-refractivity contribution in [2.24, 2.45) is 0 Å². The molecule has 0 atom stereocenters. The summed E-state index contributed by atoms with van der Waals surface area (Å²) in [5.74, 6) is 0. The Morgan fingerprint density at radius 3 is 2.54 bits per heavy atom. The highest BCUT2D eigenvalue weighted by molar-refractivity contribution is 7.71. The maximum atomic E-state index is 10.1. The molecule has 70 valence electrons. The fourth-order valence-corrected chi connectivity index (χ4v) is 1.24. The SMILES string of the molecule is O=S(=O)=CCCNc1ccccc1. The molecule has 0 aromatic heterocycles. The van der Waals surface area contributed by atoms with E-state index in [2.05, 4.69) is 5.32 Å².